The van der Waals surface area contributed by atoms with E-state index in [1.807, 2.05) is 11.0 Å². The van der Waals surface area contributed by atoms with Crippen LogP contribution in [0.1, 0.15) is 18.0 Å². The van der Waals surface area contributed by atoms with Crippen LogP contribution in [-0.2, 0) is 0 Å². The number of halogens is 3. The van der Waals surface area contributed by atoms with Crippen molar-refractivity contribution in [1.29, 1.82) is 5.26 Å². The largest absolute Gasteiger partial charge is 0.314 e. The number of hydrogen-bond donors (Lipinski definition) is 1. The molecule has 2 rings (SSSR count). The Morgan fingerprint density at radius 1 is 1.41 bits per heavy atom. The maximum absolute atomic E-state index is 13.4. The summed E-state index contributed by atoms with van der Waals surface area (Å²) < 4.78 is 13.4. The lowest BCUT2D eigenvalue weighted by Crippen LogP contribution is -2.45. The van der Waals surface area contributed by atoms with Gasteiger partial charge >= 0.3 is 0 Å². The van der Waals surface area contributed by atoms with Crippen molar-refractivity contribution in [3.05, 3.63) is 39.7 Å². The van der Waals surface area contributed by atoms with Crippen LogP contribution in [0.15, 0.2) is 18.2 Å². The Balaban J connectivity index is 0.00000220. The highest BCUT2D eigenvalue weighted by Crippen LogP contribution is 2.32. The summed E-state index contributed by atoms with van der Waals surface area (Å²) in [4.78, 5) is 12.6. The average molecular weight is 351 g/mol. The summed E-state index contributed by atoms with van der Waals surface area (Å²) in [5.74, 6) is -0.524. The molecule has 1 fully saturated rings. The van der Waals surface area contributed by atoms with Crippen molar-refractivity contribution in [2.45, 2.75) is 12.5 Å². The fourth-order valence-electron chi connectivity index (χ4n) is 2.47. The van der Waals surface area contributed by atoms with Gasteiger partial charge in [0.2, 0.25) is 0 Å². The fraction of sp³-hybridized carbons (Fsp3) is 0.462. The van der Waals surface area contributed by atoms with Crippen LogP contribution in [0.5, 0.6) is 0 Å². The number of nitro benzene ring substituents is 1. The minimum atomic E-state index is -0.526. The van der Waals surface area contributed by atoms with E-state index < -0.39 is 16.8 Å². The van der Waals surface area contributed by atoms with Gasteiger partial charge in [0.05, 0.1) is 29.0 Å². The Hall–Kier alpha value is -1.46. The van der Waals surface area contributed by atoms with E-state index >= 15 is 0 Å². The number of rotatable bonds is 4. The molecule has 0 radical (unpaired) electrons. The Morgan fingerprint density at radius 3 is 2.59 bits per heavy atom. The van der Waals surface area contributed by atoms with Gasteiger partial charge in [-0.2, -0.15) is 5.26 Å². The molecule has 0 bridgehead atoms. The summed E-state index contributed by atoms with van der Waals surface area (Å²) >= 11 is 0. The van der Waals surface area contributed by atoms with E-state index in [2.05, 4.69) is 5.32 Å². The molecule has 6 nitrogen and oxygen atoms in total. The quantitative estimate of drug-likeness (QED) is 0.666. The lowest BCUT2D eigenvalue weighted by molar-refractivity contribution is -0.386. The van der Waals surface area contributed by atoms with Crippen molar-refractivity contribution in [3.63, 3.8) is 0 Å². The highest BCUT2D eigenvalue weighted by molar-refractivity contribution is 5.85. The molecule has 1 N–H and O–H groups in total. The van der Waals surface area contributed by atoms with E-state index in [-0.39, 0.29) is 42.5 Å². The molecule has 0 saturated carbocycles. The van der Waals surface area contributed by atoms with Gasteiger partial charge in [-0.05, 0) is 12.1 Å². The third-order valence-electron chi connectivity index (χ3n) is 3.42. The van der Waals surface area contributed by atoms with Crippen molar-refractivity contribution in [2.24, 2.45) is 0 Å². The van der Waals surface area contributed by atoms with Gasteiger partial charge in [-0.15, -0.1) is 24.8 Å². The summed E-state index contributed by atoms with van der Waals surface area (Å²) in [5.41, 5.74) is 0.142. The van der Waals surface area contributed by atoms with Crippen LogP contribution in [0.25, 0.3) is 0 Å². The van der Waals surface area contributed by atoms with Crippen LogP contribution in [0, 0.1) is 27.3 Å². The topological polar surface area (TPSA) is 82.2 Å². The van der Waals surface area contributed by atoms with Crippen LogP contribution in [0.2, 0.25) is 0 Å². The second-order valence-electron chi connectivity index (χ2n) is 4.62. The third-order valence-corrected chi connectivity index (χ3v) is 3.42. The summed E-state index contributed by atoms with van der Waals surface area (Å²) in [6, 6.07) is 5.00. The Bertz CT molecular complexity index is 547. The van der Waals surface area contributed by atoms with E-state index in [9.17, 15) is 14.5 Å². The SMILES string of the molecule is Cl.Cl.N#CC[C@@H](c1cc(F)ccc1[N+](=O)[O-])N1CCNCC1. The van der Waals surface area contributed by atoms with E-state index in [4.69, 9.17) is 5.26 Å². The molecule has 9 heteroatoms. The number of nitriles is 1. The standard InChI is InChI=1S/C13H15FN4O2.2ClH/c14-10-1-2-13(18(19)20)11(9-10)12(3-4-15)17-7-5-16-6-8-17;;/h1-2,9,12,16H,3,5-8H2;2*1H/t12-;;/m0../s1. The summed E-state index contributed by atoms with van der Waals surface area (Å²) in [7, 11) is 0. The molecule has 1 heterocycles. The molecule has 1 aromatic carbocycles. The van der Waals surface area contributed by atoms with Crippen LogP contribution in [0.3, 0.4) is 0 Å². The Labute approximate surface area is 140 Å². The van der Waals surface area contributed by atoms with E-state index in [1.165, 1.54) is 6.07 Å². The van der Waals surface area contributed by atoms with Gasteiger partial charge < -0.3 is 5.32 Å². The smallest absolute Gasteiger partial charge is 0.274 e. The van der Waals surface area contributed by atoms with E-state index in [1.54, 1.807) is 0 Å². The molecule has 1 atom stereocenters. The van der Waals surface area contributed by atoms with Gasteiger partial charge in [-0.1, -0.05) is 0 Å². The minimum Gasteiger partial charge on any atom is -0.314 e. The minimum absolute atomic E-state index is 0. The Kier molecular flexibility index (Phi) is 8.90. The summed E-state index contributed by atoms with van der Waals surface area (Å²) in [6.45, 7) is 2.87. The number of nitro groups is 1. The zero-order valence-corrected chi connectivity index (χ0v) is 13.3. The van der Waals surface area contributed by atoms with Gasteiger partial charge in [0.1, 0.15) is 5.82 Å². The summed E-state index contributed by atoms with van der Waals surface area (Å²) in [6.07, 6.45) is 0.101. The van der Waals surface area contributed by atoms with E-state index in [0.29, 0.717) is 13.1 Å². The molecule has 22 heavy (non-hydrogen) atoms. The lowest BCUT2D eigenvalue weighted by atomic mass is 9.99. The first-order valence-electron chi connectivity index (χ1n) is 6.39. The third kappa shape index (κ3) is 4.78. The van der Waals surface area contributed by atoms with Crippen LogP contribution in [-0.4, -0.2) is 36.0 Å². The number of nitrogens with zero attached hydrogens (tertiary/aromatic N) is 3. The number of hydrogen-bond acceptors (Lipinski definition) is 5. The predicted molar refractivity (Wildman–Crippen MR) is 85.0 cm³/mol. The normalized spacial score (nSPS) is 15.8. The molecule has 122 valence electrons. The fourth-order valence-corrected chi connectivity index (χ4v) is 2.47. The molecular formula is C13H17Cl2FN4O2. The molecule has 1 aliphatic heterocycles. The number of benzene rings is 1. The monoisotopic (exact) mass is 350 g/mol. The van der Waals surface area contributed by atoms with Crippen molar-refractivity contribution in [3.8, 4) is 6.07 Å². The van der Waals surface area contributed by atoms with Crippen LogP contribution in [0.4, 0.5) is 10.1 Å². The maximum Gasteiger partial charge on any atom is 0.274 e. The zero-order chi connectivity index (χ0) is 14.5. The van der Waals surface area contributed by atoms with Crippen molar-refractivity contribution >= 4 is 30.5 Å². The van der Waals surface area contributed by atoms with Gasteiger partial charge in [0.25, 0.3) is 5.69 Å². The number of piperazine rings is 1. The molecule has 1 saturated heterocycles. The zero-order valence-electron chi connectivity index (χ0n) is 11.7. The molecule has 0 unspecified atom stereocenters. The highest BCUT2D eigenvalue weighted by Gasteiger charge is 2.28. The maximum atomic E-state index is 13.4. The highest BCUT2D eigenvalue weighted by atomic mass is 35.5. The van der Waals surface area contributed by atoms with Gasteiger partial charge in [-0.25, -0.2) is 4.39 Å². The van der Waals surface area contributed by atoms with Gasteiger partial charge in [0.15, 0.2) is 0 Å². The van der Waals surface area contributed by atoms with Crippen molar-refractivity contribution in [1.82, 2.24) is 10.2 Å². The van der Waals surface area contributed by atoms with Crippen molar-refractivity contribution in [2.75, 3.05) is 26.2 Å². The first-order valence-corrected chi connectivity index (χ1v) is 6.39. The van der Waals surface area contributed by atoms with Crippen LogP contribution < -0.4 is 5.32 Å². The second-order valence-corrected chi connectivity index (χ2v) is 4.62. The lowest BCUT2D eigenvalue weighted by Gasteiger charge is -2.33. The van der Waals surface area contributed by atoms with E-state index in [0.717, 1.165) is 25.2 Å². The molecule has 0 spiro atoms. The molecule has 0 aliphatic carbocycles. The average Bonchev–Trinajstić information content (AvgIpc) is 2.45. The first kappa shape index (κ1) is 20.5. The molecule has 1 aliphatic rings. The predicted octanol–water partition coefficient (Wildman–Crippen LogP) is 2.44. The second kappa shape index (κ2) is 9.54. The molecular weight excluding hydrogens is 334 g/mol. The molecule has 0 aromatic heterocycles. The molecule has 0 amide bonds. The molecule has 1 aromatic rings. The first-order chi connectivity index (χ1) is 9.63. The van der Waals surface area contributed by atoms with Gasteiger partial charge in [-0.3, -0.25) is 15.0 Å². The summed E-state index contributed by atoms with van der Waals surface area (Å²) in [5, 5.41) is 23.2. The Morgan fingerprint density at radius 2 is 2.05 bits per heavy atom. The van der Waals surface area contributed by atoms with Crippen molar-refractivity contribution < 1.29 is 9.31 Å². The number of nitrogens with one attached hydrogen (secondary N) is 1. The van der Waals surface area contributed by atoms with Gasteiger partial charge in [0, 0.05) is 32.2 Å². The van der Waals surface area contributed by atoms with Crippen LogP contribution >= 0.6 is 24.8 Å².